The van der Waals surface area contributed by atoms with E-state index in [9.17, 15) is 9.18 Å². The molecule has 3 heteroatoms. The Bertz CT molecular complexity index is 178. The van der Waals surface area contributed by atoms with Crippen molar-refractivity contribution >= 4 is 5.78 Å². The number of Topliss-reactive ketones (excluding diaryl/α,β-unsaturated/α-hetero) is 1. The molecule has 48 valence electrons. The van der Waals surface area contributed by atoms with Gasteiger partial charge in [0, 0.05) is 0 Å². The molecule has 1 rings (SSSR count). The Hall–Kier alpha value is -0.910. The molecule has 0 atom stereocenters. The van der Waals surface area contributed by atoms with E-state index in [2.05, 4.69) is 0 Å². The maximum atomic E-state index is 12.6. The minimum Gasteiger partial charge on any atom is -0.295 e. The van der Waals surface area contributed by atoms with Crippen LogP contribution >= 0.6 is 0 Å². The first kappa shape index (κ1) is 6.21. The second kappa shape index (κ2) is 1.80. The highest BCUT2D eigenvalue weighted by Gasteiger charge is 2.49. The van der Waals surface area contributed by atoms with Crippen LogP contribution in [0.1, 0.15) is 19.3 Å². The molecule has 0 N–H and O–H groups in total. The first-order valence-corrected chi connectivity index (χ1v) is 2.78. The fourth-order valence-electron chi connectivity index (χ4n) is 0.619. The summed E-state index contributed by atoms with van der Waals surface area (Å²) in [5, 5.41) is 7.99. The van der Waals surface area contributed by atoms with Crippen molar-refractivity contribution in [3.05, 3.63) is 0 Å². The molecule has 0 amide bonds. The number of nitrogens with zero attached hydrogens (tertiary/aromatic N) is 1. The molecule has 9 heavy (non-hydrogen) atoms. The van der Waals surface area contributed by atoms with Gasteiger partial charge in [0.05, 0.1) is 12.5 Å². The summed E-state index contributed by atoms with van der Waals surface area (Å²) in [6.45, 7) is 0. The van der Waals surface area contributed by atoms with Crippen LogP contribution < -0.4 is 0 Å². The highest BCUT2D eigenvalue weighted by atomic mass is 19.1. The smallest absolute Gasteiger partial charge is 0.183 e. The standard InChI is InChI=1S/C6H6FNO/c7-6(2-3-6)5(9)1-4-8/h1-3H2. The van der Waals surface area contributed by atoms with Gasteiger partial charge in [-0.1, -0.05) is 0 Å². The number of rotatable bonds is 2. The molecular formula is C6H6FNO. The average Bonchev–Trinajstić information content (AvgIpc) is 2.50. The third kappa shape index (κ3) is 1.07. The molecule has 0 saturated heterocycles. The molecule has 2 nitrogen and oxygen atoms in total. The van der Waals surface area contributed by atoms with Gasteiger partial charge < -0.3 is 0 Å². The molecule has 0 unspecified atom stereocenters. The van der Waals surface area contributed by atoms with Gasteiger partial charge in [0.25, 0.3) is 0 Å². The van der Waals surface area contributed by atoms with Gasteiger partial charge in [-0.2, -0.15) is 5.26 Å². The van der Waals surface area contributed by atoms with Crippen LogP contribution in [0.4, 0.5) is 4.39 Å². The predicted molar refractivity (Wildman–Crippen MR) is 28.3 cm³/mol. The highest BCUT2D eigenvalue weighted by molar-refractivity contribution is 5.91. The van der Waals surface area contributed by atoms with Gasteiger partial charge in [-0.3, -0.25) is 4.79 Å². The quantitative estimate of drug-likeness (QED) is 0.554. The van der Waals surface area contributed by atoms with E-state index in [1.807, 2.05) is 0 Å². The van der Waals surface area contributed by atoms with Crippen LogP contribution in [0, 0.1) is 11.3 Å². The van der Waals surface area contributed by atoms with Gasteiger partial charge in [-0.05, 0) is 12.8 Å². The fourth-order valence-corrected chi connectivity index (χ4v) is 0.619. The second-order valence-corrected chi connectivity index (χ2v) is 2.22. The van der Waals surface area contributed by atoms with E-state index >= 15 is 0 Å². The lowest BCUT2D eigenvalue weighted by Crippen LogP contribution is -2.15. The Morgan fingerprint density at radius 2 is 2.33 bits per heavy atom. The summed E-state index contributed by atoms with van der Waals surface area (Å²) >= 11 is 0. The molecule has 0 spiro atoms. The summed E-state index contributed by atoms with van der Waals surface area (Å²) in [6.07, 6.45) is 0.345. The van der Waals surface area contributed by atoms with E-state index in [1.165, 1.54) is 0 Å². The third-order valence-electron chi connectivity index (χ3n) is 1.43. The summed E-state index contributed by atoms with van der Waals surface area (Å²) in [5.74, 6) is -0.551. The van der Waals surface area contributed by atoms with E-state index in [0.717, 1.165) is 0 Å². The minimum absolute atomic E-state index is 0.281. The second-order valence-electron chi connectivity index (χ2n) is 2.22. The van der Waals surface area contributed by atoms with E-state index in [1.54, 1.807) is 6.07 Å². The zero-order chi connectivity index (χ0) is 6.91. The molecule has 0 heterocycles. The van der Waals surface area contributed by atoms with Crippen LogP contribution in [0.2, 0.25) is 0 Å². The van der Waals surface area contributed by atoms with Gasteiger partial charge in [0.1, 0.15) is 0 Å². The number of hydrogen-bond donors (Lipinski definition) is 0. The molecule has 0 aromatic rings. The minimum atomic E-state index is -1.60. The van der Waals surface area contributed by atoms with Crippen molar-refractivity contribution in [3.63, 3.8) is 0 Å². The molecule has 0 aliphatic heterocycles. The monoisotopic (exact) mass is 127 g/mol. The number of halogens is 1. The topological polar surface area (TPSA) is 40.9 Å². The Morgan fingerprint density at radius 3 is 2.67 bits per heavy atom. The van der Waals surface area contributed by atoms with Gasteiger partial charge in [0.15, 0.2) is 11.5 Å². The number of hydrogen-bond acceptors (Lipinski definition) is 2. The molecule has 1 aliphatic carbocycles. The largest absolute Gasteiger partial charge is 0.295 e. The molecule has 1 saturated carbocycles. The molecule has 1 aliphatic rings. The van der Waals surface area contributed by atoms with Crippen molar-refractivity contribution in [2.24, 2.45) is 0 Å². The summed E-state index contributed by atoms with van der Waals surface area (Å²) in [4.78, 5) is 10.5. The first-order valence-electron chi connectivity index (χ1n) is 2.78. The van der Waals surface area contributed by atoms with Crippen molar-refractivity contribution in [2.45, 2.75) is 24.9 Å². The lowest BCUT2D eigenvalue weighted by Gasteiger charge is -1.95. The van der Waals surface area contributed by atoms with Crippen molar-refractivity contribution in [1.29, 1.82) is 5.26 Å². The molecule has 0 aromatic heterocycles. The van der Waals surface area contributed by atoms with Crippen LogP contribution in [-0.4, -0.2) is 11.5 Å². The van der Waals surface area contributed by atoms with Gasteiger partial charge in [-0.25, -0.2) is 4.39 Å². The molecule has 0 bridgehead atoms. The Labute approximate surface area is 52.3 Å². The highest BCUT2D eigenvalue weighted by Crippen LogP contribution is 2.41. The SMILES string of the molecule is N#CCC(=O)C1(F)CC1. The maximum Gasteiger partial charge on any atom is 0.183 e. The van der Waals surface area contributed by atoms with E-state index in [0.29, 0.717) is 12.8 Å². The number of carbonyl (C=O) groups excluding carboxylic acids is 1. The average molecular weight is 127 g/mol. The zero-order valence-corrected chi connectivity index (χ0v) is 4.85. The van der Waals surface area contributed by atoms with E-state index < -0.39 is 11.5 Å². The number of ketones is 1. The Morgan fingerprint density at radius 1 is 1.78 bits per heavy atom. The van der Waals surface area contributed by atoms with Gasteiger partial charge in [0.2, 0.25) is 0 Å². The molecular weight excluding hydrogens is 121 g/mol. The first-order chi connectivity index (χ1) is 4.19. The Balaban J connectivity index is 2.45. The van der Waals surface area contributed by atoms with Crippen LogP contribution in [0.25, 0.3) is 0 Å². The van der Waals surface area contributed by atoms with Crippen LogP contribution in [0.5, 0.6) is 0 Å². The molecule has 1 fully saturated rings. The maximum absolute atomic E-state index is 12.6. The van der Waals surface area contributed by atoms with E-state index in [4.69, 9.17) is 5.26 Å². The molecule has 0 aromatic carbocycles. The lowest BCUT2D eigenvalue weighted by molar-refractivity contribution is -0.124. The predicted octanol–water partition coefficient (Wildman–Crippen LogP) is 0.971. The number of nitriles is 1. The van der Waals surface area contributed by atoms with Gasteiger partial charge >= 0.3 is 0 Å². The van der Waals surface area contributed by atoms with E-state index in [-0.39, 0.29) is 6.42 Å². The lowest BCUT2D eigenvalue weighted by atomic mass is 10.2. The summed E-state index contributed by atoms with van der Waals surface area (Å²) in [7, 11) is 0. The van der Waals surface area contributed by atoms with Gasteiger partial charge in [-0.15, -0.1) is 0 Å². The molecule has 0 radical (unpaired) electrons. The van der Waals surface area contributed by atoms with Crippen molar-refractivity contribution in [3.8, 4) is 6.07 Å². The summed E-state index contributed by atoms with van der Waals surface area (Å²) < 4.78 is 12.6. The van der Waals surface area contributed by atoms with Crippen LogP contribution in [-0.2, 0) is 4.79 Å². The summed E-state index contributed by atoms with van der Waals surface area (Å²) in [5.41, 5.74) is -1.60. The van der Waals surface area contributed by atoms with Crippen molar-refractivity contribution < 1.29 is 9.18 Å². The third-order valence-corrected chi connectivity index (χ3v) is 1.43. The van der Waals surface area contributed by atoms with Crippen molar-refractivity contribution in [1.82, 2.24) is 0 Å². The fraction of sp³-hybridized carbons (Fsp3) is 0.667. The normalized spacial score (nSPS) is 20.4. The zero-order valence-electron chi connectivity index (χ0n) is 4.85. The Kier molecular flexibility index (Phi) is 1.24. The van der Waals surface area contributed by atoms with Crippen LogP contribution in [0.3, 0.4) is 0 Å². The number of carbonyl (C=O) groups is 1. The number of alkyl halides is 1. The van der Waals surface area contributed by atoms with Crippen molar-refractivity contribution in [2.75, 3.05) is 0 Å². The summed E-state index contributed by atoms with van der Waals surface area (Å²) in [6, 6.07) is 1.62. The van der Waals surface area contributed by atoms with Crippen LogP contribution in [0.15, 0.2) is 0 Å².